The minimum absolute atomic E-state index is 0.0399. The van der Waals surface area contributed by atoms with E-state index in [1.165, 1.54) is 0 Å². The van der Waals surface area contributed by atoms with E-state index in [2.05, 4.69) is 10.6 Å². The summed E-state index contributed by atoms with van der Waals surface area (Å²) in [6.07, 6.45) is 0.219. The summed E-state index contributed by atoms with van der Waals surface area (Å²) in [5.41, 5.74) is 0. The molecular weight excluding hydrogens is 132 g/mol. The molecule has 0 radical (unpaired) electrons. The standard InChI is InChI=1S/C6H12N2O2/c1-4-3-5(9)8-6(7-4)10-2/h4,6-7H,3H2,1-2H3,(H,8,9). The molecule has 0 saturated carbocycles. The van der Waals surface area contributed by atoms with Crippen LogP contribution in [0.2, 0.25) is 0 Å². The molecule has 2 atom stereocenters. The Balaban J connectivity index is 2.42. The first kappa shape index (κ1) is 7.50. The molecule has 1 heterocycles. The second-order valence-electron chi connectivity index (χ2n) is 2.46. The number of hydrogen-bond donors (Lipinski definition) is 2. The van der Waals surface area contributed by atoms with Gasteiger partial charge in [0.15, 0.2) is 6.35 Å². The molecule has 1 saturated heterocycles. The van der Waals surface area contributed by atoms with Crippen LogP contribution in [0.3, 0.4) is 0 Å². The first-order valence-corrected chi connectivity index (χ1v) is 3.30. The first-order chi connectivity index (χ1) is 4.72. The molecule has 10 heavy (non-hydrogen) atoms. The molecule has 2 N–H and O–H groups in total. The van der Waals surface area contributed by atoms with E-state index in [-0.39, 0.29) is 18.3 Å². The van der Waals surface area contributed by atoms with Gasteiger partial charge in [0.1, 0.15) is 0 Å². The van der Waals surface area contributed by atoms with Crippen LogP contribution in [0.5, 0.6) is 0 Å². The van der Waals surface area contributed by atoms with Crippen molar-refractivity contribution in [2.24, 2.45) is 0 Å². The average Bonchev–Trinajstić information content (AvgIpc) is 1.85. The fraction of sp³-hybridized carbons (Fsp3) is 0.833. The highest BCUT2D eigenvalue weighted by molar-refractivity contribution is 5.77. The predicted octanol–water partition coefficient (Wildman–Crippen LogP) is -0.586. The third kappa shape index (κ3) is 1.68. The Labute approximate surface area is 59.9 Å². The Morgan fingerprint density at radius 1 is 1.70 bits per heavy atom. The lowest BCUT2D eigenvalue weighted by Gasteiger charge is -2.27. The fourth-order valence-corrected chi connectivity index (χ4v) is 0.969. The van der Waals surface area contributed by atoms with Gasteiger partial charge in [-0.05, 0) is 6.92 Å². The van der Waals surface area contributed by atoms with Crippen LogP contribution in [0.4, 0.5) is 0 Å². The molecule has 1 amide bonds. The van der Waals surface area contributed by atoms with Gasteiger partial charge in [0.05, 0.1) is 0 Å². The second kappa shape index (κ2) is 2.98. The topological polar surface area (TPSA) is 50.4 Å². The summed E-state index contributed by atoms with van der Waals surface area (Å²) in [5, 5.41) is 5.67. The van der Waals surface area contributed by atoms with Gasteiger partial charge in [-0.2, -0.15) is 0 Å². The monoisotopic (exact) mass is 144 g/mol. The van der Waals surface area contributed by atoms with Crippen LogP contribution in [0, 0.1) is 0 Å². The minimum Gasteiger partial charge on any atom is -0.348 e. The van der Waals surface area contributed by atoms with E-state index in [4.69, 9.17) is 4.74 Å². The van der Waals surface area contributed by atoms with Crippen LogP contribution in [0.1, 0.15) is 13.3 Å². The Hall–Kier alpha value is -0.610. The van der Waals surface area contributed by atoms with Crippen molar-refractivity contribution < 1.29 is 9.53 Å². The maximum absolute atomic E-state index is 10.8. The number of nitrogens with one attached hydrogen (secondary N) is 2. The second-order valence-corrected chi connectivity index (χ2v) is 2.46. The summed E-state index contributed by atoms with van der Waals surface area (Å²) in [6, 6.07) is 0.207. The van der Waals surface area contributed by atoms with Crippen LogP contribution >= 0.6 is 0 Å². The third-order valence-electron chi connectivity index (χ3n) is 1.46. The van der Waals surface area contributed by atoms with Gasteiger partial charge in [-0.3, -0.25) is 10.1 Å². The van der Waals surface area contributed by atoms with Gasteiger partial charge in [-0.1, -0.05) is 0 Å². The molecular formula is C6H12N2O2. The SMILES string of the molecule is COC1NC(=O)CC(C)N1. The van der Waals surface area contributed by atoms with Crippen LogP contribution in [0.15, 0.2) is 0 Å². The summed E-state index contributed by atoms with van der Waals surface area (Å²) >= 11 is 0. The van der Waals surface area contributed by atoms with E-state index in [0.29, 0.717) is 6.42 Å². The van der Waals surface area contributed by atoms with Crippen molar-refractivity contribution in [3.05, 3.63) is 0 Å². The van der Waals surface area contributed by atoms with E-state index < -0.39 is 0 Å². The highest BCUT2D eigenvalue weighted by Crippen LogP contribution is 1.98. The Morgan fingerprint density at radius 2 is 2.40 bits per heavy atom. The number of methoxy groups -OCH3 is 1. The fourth-order valence-electron chi connectivity index (χ4n) is 0.969. The largest absolute Gasteiger partial charge is 0.348 e. The van der Waals surface area contributed by atoms with E-state index in [1.807, 2.05) is 6.92 Å². The van der Waals surface area contributed by atoms with Crippen molar-refractivity contribution in [2.75, 3.05) is 7.11 Å². The summed E-state index contributed by atoms with van der Waals surface area (Å²) in [6.45, 7) is 1.95. The molecule has 1 fully saturated rings. The number of amides is 1. The maximum atomic E-state index is 10.8. The lowest BCUT2D eigenvalue weighted by Crippen LogP contribution is -2.56. The molecule has 58 valence electrons. The molecule has 0 spiro atoms. The van der Waals surface area contributed by atoms with Gasteiger partial charge in [0.25, 0.3) is 0 Å². The number of ether oxygens (including phenoxy) is 1. The first-order valence-electron chi connectivity index (χ1n) is 3.30. The van der Waals surface area contributed by atoms with Crippen molar-refractivity contribution in [3.63, 3.8) is 0 Å². The minimum atomic E-state index is -0.309. The Morgan fingerprint density at radius 3 is 2.90 bits per heavy atom. The quantitative estimate of drug-likeness (QED) is 0.517. The zero-order chi connectivity index (χ0) is 7.56. The molecule has 0 aromatic heterocycles. The van der Waals surface area contributed by atoms with Gasteiger partial charge in [-0.25, -0.2) is 0 Å². The van der Waals surface area contributed by atoms with Crippen LogP contribution < -0.4 is 10.6 Å². The van der Waals surface area contributed by atoms with Crippen molar-refractivity contribution in [3.8, 4) is 0 Å². The molecule has 0 bridgehead atoms. The van der Waals surface area contributed by atoms with Gasteiger partial charge in [0.2, 0.25) is 5.91 Å². The van der Waals surface area contributed by atoms with Crippen molar-refractivity contribution >= 4 is 5.91 Å². The number of carbonyl (C=O) groups is 1. The zero-order valence-corrected chi connectivity index (χ0v) is 6.18. The molecule has 0 aromatic carbocycles. The van der Waals surface area contributed by atoms with E-state index in [0.717, 1.165) is 0 Å². The van der Waals surface area contributed by atoms with Gasteiger partial charge < -0.3 is 10.1 Å². The number of rotatable bonds is 1. The van der Waals surface area contributed by atoms with Crippen molar-refractivity contribution in [1.29, 1.82) is 0 Å². The molecule has 1 rings (SSSR count). The van der Waals surface area contributed by atoms with E-state index >= 15 is 0 Å². The van der Waals surface area contributed by atoms with Gasteiger partial charge >= 0.3 is 0 Å². The van der Waals surface area contributed by atoms with E-state index in [1.54, 1.807) is 7.11 Å². The van der Waals surface area contributed by atoms with Crippen LogP contribution in [0.25, 0.3) is 0 Å². The summed E-state index contributed by atoms with van der Waals surface area (Å²) < 4.78 is 4.89. The maximum Gasteiger partial charge on any atom is 0.224 e. The van der Waals surface area contributed by atoms with Gasteiger partial charge in [-0.15, -0.1) is 0 Å². The Bertz CT molecular complexity index is 138. The zero-order valence-electron chi connectivity index (χ0n) is 6.18. The molecule has 4 nitrogen and oxygen atoms in total. The molecule has 0 aliphatic carbocycles. The van der Waals surface area contributed by atoms with Crippen LogP contribution in [-0.2, 0) is 9.53 Å². The lowest BCUT2D eigenvalue weighted by molar-refractivity contribution is -0.129. The number of hydrogen-bond acceptors (Lipinski definition) is 3. The van der Waals surface area contributed by atoms with Crippen LogP contribution in [-0.4, -0.2) is 25.4 Å². The molecule has 1 aliphatic rings. The summed E-state index contributed by atoms with van der Waals surface area (Å²) in [7, 11) is 1.55. The predicted molar refractivity (Wildman–Crippen MR) is 36.2 cm³/mol. The van der Waals surface area contributed by atoms with E-state index in [9.17, 15) is 4.79 Å². The molecule has 1 aliphatic heterocycles. The van der Waals surface area contributed by atoms with Crippen molar-refractivity contribution in [1.82, 2.24) is 10.6 Å². The Kier molecular flexibility index (Phi) is 2.24. The summed E-state index contributed by atoms with van der Waals surface area (Å²) in [4.78, 5) is 10.8. The summed E-state index contributed by atoms with van der Waals surface area (Å²) in [5.74, 6) is 0.0399. The third-order valence-corrected chi connectivity index (χ3v) is 1.46. The lowest BCUT2D eigenvalue weighted by atomic mass is 10.2. The molecule has 2 unspecified atom stereocenters. The van der Waals surface area contributed by atoms with Gasteiger partial charge in [0, 0.05) is 19.6 Å². The molecule has 4 heteroatoms. The average molecular weight is 144 g/mol. The van der Waals surface area contributed by atoms with Crippen molar-refractivity contribution in [2.45, 2.75) is 25.7 Å². The highest BCUT2D eigenvalue weighted by Gasteiger charge is 2.21. The number of carbonyl (C=O) groups excluding carboxylic acids is 1. The smallest absolute Gasteiger partial charge is 0.224 e. The highest BCUT2D eigenvalue weighted by atomic mass is 16.5. The normalized spacial score (nSPS) is 33.6. The molecule has 0 aromatic rings.